The van der Waals surface area contributed by atoms with Gasteiger partial charge in [-0.1, -0.05) is 39.7 Å². The molecular formula is C16H19BrN2. The number of hydrogen-bond acceptors (Lipinski definition) is 2. The first kappa shape index (κ1) is 14.1. The average molecular weight is 319 g/mol. The van der Waals surface area contributed by atoms with E-state index in [1.54, 1.807) is 0 Å². The van der Waals surface area contributed by atoms with E-state index in [-0.39, 0.29) is 6.04 Å². The molecule has 2 aromatic carbocycles. The van der Waals surface area contributed by atoms with Crippen molar-refractivity contribution in [2.75, 3.05) is 11.9 Å². The van der Waals surface area contributed by atoms with Crippen LogP contribution in [0.4, 0.5) is 11.4 Å². The van der Waals surface area contributed by atoms with E-state index in [2.05, 4.69) is 71.2 Å². The molecule has 0 bridgehead atoms. The fraction of sp³-hybridized carbons (Fsp3) is 0.250. The second kappa shape index (κ2) is 5.76. The van der Waals surface area contributed by atoms with Crippen molar-refractivity contribution in [3.63, 3.8) is 0 Å². The van der Waals surface area contributed by atoms with Crippen molar-refractivity contribution >= 4 is 27.3 Å². The van der Waals surface area contributed by atoms with Gasteiger partial charge in [-0.15, -0.1) is 0 Å². The van der Waals surface area contributed by atoms with E-state index in [1.807, 2.05) is 13.0 Å². The van der Waals surface area contributed by atoms with Crippen LogP contribution < -0.4 is 10.6 Å². The Hall–Kier alpha value is -1.32. The summed E-state index contributed by atoms with van der Waals surface area (Å²) in [6.07, 6.45) is 0. The molecule has 0 aliphatic rings. The Morgan fingerprint density at radius 3 is 2.32 bits per heavy atom. The van der Waals surface area contributed by atoms with E-state index in [1.165, 1.54) is 5.56 Å². The Kier molecular flexibility index (Phi) is 4.27. The van der Waals surface area contributed by atoms with E-state index < -0.39 is 0 Å². The molecule has 0 amide bonds. The molecule has 0 saturated carbocycles. The number of nitrogens with two attached hydrogens (primary N) is 1. The summed E-state index contributed by atoms with van der Waals surface area (Å²) >= 11 is 3.53. The van der Waals surface area contributed by atoms with Crippen molar-refractivity contribution in [3.05, 3.63) is 58.1 Å². The van der Waals surface area contributed by atoms with Crippen LogP contribution in [-0.2, 0) is 0 Å². The molecule has 0 heterocycles. The third-order valence-electron chi connectivity index (χ3n) is 3.27. The lowest BCUT2D eigenvalue weighted by atomic mass is 10.1. The summed E-state index contributed by atoms with van der Waals surface area (Å²) in [6.45, 7) is 4.10. The highest BCUT2D eigenvalue weighted by Crippen LogP contribution is 2.32. The van der Waals surface area contributed by atoms with Gasteiger partial charge >= 0.3 is 0 Å². The summed E-state index contributed by atoms with van der Waals surface area (Å²) in [4.78, 5) is 2.17. The fourth-order valence-corrected chi connectivity index (χ4v) is 2.45. The summed E-state index contributed by atoms with van der Waals surface area (Å²) in [7, 11) is 2.07. The van der Waals surface area contributed by atoms with E-state index in [0.29, 0.717) is 0 Å². The van der Waals surface area contributed by atoms with Crippen LogP contribution in [0.2, 0.25) is 0 Å². The molecule has 0 radical (unpaired) electrons. The number of hydrogen-bond donors (Lipinski definition) is 1. The minimum atomic E-state index is 0.0102. The molecule has 100 valence electrons. The highest BCUT2D eigenvalue weighted by molar-refractivity contribution is 9.10. The zero-order chi connectivity index (χ0) is 14.0. The minimum absolute atomic E-state index is 0.0102. The van der Waals surface area contributed by atoms with Crippen molar-refractivity contribution in [2.45, 2.75) is 19.9 Å². The third-order valence-corrected chi connectivity index (χ3v) is 3.76. The van der Waals surface area contributed by atoms with Gasteiger partial charge < -0.3 is 10.6 Å². The third kappa shape index (κ3) is 3.17. The number of rotatable bonds is 3. The Morgan fingerprint density at radius 2 is 1.74 bits per heavy atom. The van der Waals surface area contributed by atoms with Crippen molar-refractivity contribution in [1.82, 2.24) is 0 Å². The van der Waals surface area contributed by atoms with Crippen molar-refractivity contribution in [1.29, 1.82) is 0 Å². The van der Waals surface area contributed by atoms with Crippen LogP contribution >= 0.6 is 15.9 Å². The SMILES string of the molecule is Cc1ccc(N(C)c2cc(Br)ccc2C(C)N)cc1. The van der Waals surface area contributed by atoms with Crippen LogP contribution in [0.15, 0.2) is 46.9 Å². The van der Waals surface area contributed by atoms with Crippen LogP contribution in [0.1, 0.15) is 24.1 Å². The molecule has 0 spiro atoms. The normalized spacial score (nSPS) is 12.3. The smallest absolute Gasteiger partial charge is 0.0467 e. The first-order chi connectivity index (χ1) is 8.99. The number of benzene rings is 2. The van der Waals surface area contributed by atoms with Gasteiger partial charge in [-0.05, 0) is 43.7 Å². The number of aryl methyl sites for hydroxylation is 1. The van der Waals surface area contributed by atoms with Crippen molar-refractivity contribution in [3.8, 4) is 0 Å². The monoisotopic (exact) mass is 318 g/mol. The van der Waals surface area contributed by atoms with Crippen LogP contribution in [0.3, 0.4) is 0 Å². The minimum Gasteiger partial charge on any atom is -0.344 e. The highest BCUT2D eigenvalue weighted by atomic mass is 79.9. The van der Waals surface area contributed by atoms with Crippen LogP contribution in [0.25, 0.3) is 0 Å². The maximum absolute atomic E-state index is 6.06. The van der Waals surface area contributed by atoms with Gasteiger partial charge in [-0.25, -0.2) is 0 Å². The fourth-order valence-electron chi connectivity index (χ4n) is 2.10. The Labute approximate surface area is 123 Å². The quantitative estimate of drug-likeness (QED) is 0.899. The van der Waals surface area contributed by atoms with E-state index >= 15 is 0 Å². The number of halogens is 1. The first-order valence-corrected chi connectivity index (χ1v) is 7.14. The Balaban J connectivity index is 2.45. The van der Waals surface area contributed by atoms with Crippen LogP contribution in [-0.4, -0.2) is 7.05 Å². The molecule has 1 unspecified atom stereocenters. The van der Waals surface area contributed by atoms with E-state index in [4.69, 9.17) is 5.73 Å². The standard InChI is InChI=1S/C16H19BrN2/c1-11-4-7-14(8-5-11)19(3)16-10-13(17)6-9-15(16)12(2)18/h4-10,12H,18H2,1-3H3. The molecular weight excluding hydrogens is 300 g/mol. The molecule has 2 aromatic rings. The first-order valence-electron chi connectivity index (χ1n) is 6.34. The molecule has 0 aliphatic heterocycles. The Bertz CT molecular complexity index is 561. The van der Waals surface area contributed by atoms with Crippen LogP contribution in [0.5, 0.6) is 0 Å². The molecule has 0 aliphatic carbocycles. The summed E-state index contributed by atoms with van der Waals surface area (Å²) in [5.41, 5.74) is 10.8. The summed E-state index contributed by atoms with van der Waals surface area (Å²) in [6, 6.07) is 14.7. The lowest BCUT2D eigenvalue weighted by Gasteiger charge is -2.24. The summed E-state index contributed by atoms with van der Waals surface area (Å²) < 4.78 is 1.06. The van der Waals surface area contributed by atoms with Crippen LogP contribution in [0, 0.1) is 6.92 Å². The maximum Gasteiger partial charge on any atom is 0.0467 e. The number of nitrogens with zero attached hydrogens (tertiary/aromatic N) is 1. The summed E-state index contributed by atoms with van der Waals surface area (Å²) in [5.74, 6) is 0. The molecule has 2 nitrogen and oxygen atoms in total. The molecule has 19 heavy (non-hydrogen) atoms. The second-order valence-electron chi connectivity index (χ2n) is 4.89. The van der Waals surface area contributed by atoms with Gasteiger partial charge in [-0.3, -0.25) is 0 Å². The second-order valence-corrected chi connectivity index (χ2v) is 5.80. The maximum atomic E-state index is 6.06. The van der Waals surface area contributed by atoms with Gasteiger partial charge in [0.05, 0.1) is 0 Å². The molecule has 2 rings (SSSR count). The molecule has 1 atom stereocenters. The van der Waals surface area contributed by atoms with Gasteiger partial charge in [0.2, 0.25) is 0 Å². The molecule has 2 N–H and O–H groups in total. The molecule has 0 aromatic heterocycles. The lowest BCUT2D eigenvalue weighted by Crippen LogP contribution is -2.15. The highest BCUT2D eigenvalue weighted by Gasteiger charge is 2.12. The zero-order valence-corrected chi connectivity index (χ0v) is 13.1. The van der Waals surface area contributed by atoms with Gasteiger partial charge in [0, 0.05) is 28.9 Å². The largest absolute Gasteiger partial charge is 0.344 e. The molecule has 0 fully saturated rings. The van der Waals surface area contributed by atoms with Crippen molar-refractivity contribution in [2.24, 2.45) is 5.73 Å². The van der Waals surface area contributed by atoms with Gasteiger partial charge in [0.15, 0.2) is 0 Å². The average Bonchev–Trinajstić information content (AvgIpc) is 2.38. The van der Waals surface area contributed by atoms with Gasteiger partial charge in [-0.2, -0.15) is 0 Å². The van der Waals surface area contributed by atoms with Gasteiger partial charge in [0.25, 0.3) is 0 Å². The van der Waals surface area contributed by atoms with E-state index in [9.17, 15) is 0 Å². The zero-order valence-electron chi connectivity index (χ0n) is 11.5. The van der Waals surface area contributed by atoms with Crippen molar-refractivity contribution < 1.29 is 0 Å². The Morgan fingerprint density at radius 1 is 1.11 bits per heavy atom. The molecule has 0 saturated heterocycles. The predicted molar refractivity (Wildman–Crippen MR) is 86.0 cm³/mol. The molecule has 3 heteroatoms. The van der Waals surface area contributed by atoms with Gasteiger partial charge in [0.1, 0.15) is 0 Å². The topological polar surface area (TPSA) is 29.3 Å². The lowest BCUT2D eigenvalue weighted by molar-refractivity contribution is 0.815. The summed E-state index contributed by atoms with van der Waals surface area (Å²) in [5, 5.41) is 0. The number of anilines is 2. The predicted octanol–water partition coefficient (Wildman–Crippen LogP) is 4.55. The van der Waals surface area contributed by atoms with E-state index in [0.717, 1.165) is 21.4 Å².